The Hall–Kier alpha value is -0.770. The average molecular weight is 231 g/mol. The fourth-order valence-corrected chi connectivity index (χ4v) is 2.06. The van der Waals surface area contributed by atoms with Gasteiger partial charge < -0.3 is 10.6 Å². The maximum absolute atomic E-state index is 11.5. The number of carbonyl (C=O) groups excluding carboxylic acids is 1. The van der Waals surface area contributed by atoms with Crippen molar-refractivity contribution in [2.75, 3.05) is 12.4 Å². The summed E-state index contributed by atoms with van der Waals surface area (Å²) in [5.41, 5.74) is 1.34. The summed E-state index contributed by atoms with van der Waals surface area (Å²) < 4.78 is 0. The summed E-state index contributed by atoms with van der Waals surface area (Å²) in [6.45, 7) is 0. The first-order chi connectivity index (χ1) is 6.65. The highest BCUT2D eigenvalue weighted by molar-refractivity contribution is 6.37. The highest BCUT2D eigenvalue weighted by Crippen LogP contribution is 2.40. The van der Waals surface area contributed by atoms with Crippen molar-refractivity contribution in [3.63, 3.8) is 0 Å². The van der Waals surface area contributed by atoms with Gasteiger partial charge in [-0.25, -0.2) is 0 Å². The molecular formula is C9H8Cl2N2O. The van der Waals surface area contributed by atoms with Gasteiger partial charge in [-0.2, -0.15) is 0 Å². The number of rotatable bonds is 1. The Balaban J connectivity index is 2.62. The van der Waals surface area contributed by atoms with Gasteiger partial charge in [0, 0.05) is 10.6 Å². The summed E-state index contributed by atoms with van der Waals surface area (Å²) in [5, 5.41) is 6.63. The lowest BCUT2D eigenvalue weighted by molar-refractivity contribution is -0.117. The van der Waals surface area contributed by atoms with Gasteiger partial charge in [-0.3, -0.25) is 4.79 Å². The quantitative estimate of drug-likeness (QED) is 0.777. The van der Waals surface area contributed by atoms with Gasteiger partial charge in [0.25, 0.3) is 0 Å². The molecular weight excluding hydrogens is 223 g/mol. The summed E-state index contributed by atoms with van der Waals surface area (Å²) in [6, 6.07) is 2.95. The Kier molecular flexibility index (Phi) is 2.39. The van der Waals surface area contributed by atoms with E-state index >= 15 is 0 Å². The highest BCUT2D eigenvalue weighted by Gasteiger charge is 2.32. The lowest BCUT2D eigenvalue weighted by atomic mass is 10.1. The number of benzene rings is 1. The minimum Gasteiger partial charge on any atom is -0.323 e. The molecule has 5 heteroatoms. The molecule has 0 aliphatic carbocycles. The molecule has 1 aromatic carbocycles. The van der Waals surface area contributed by atoms with E-state index in [4.69, 9.17) is 23.2 Å². The molecule has 0 saturated carbocycles. The summed E-state index contributed by atoms with van der Waals surface area (Å²) in [7, 11) is 1.70. The van der Waals surface area contributed by atoms with E-state index in [1.807, 2.05) is 0 Å². The van der Waals surface area contributed by atoms with Crippen molar-refractivity contribution in [1.82, 2.24) is 5.32 Å². The van der Waals surface area contributed by atoms with Crippen LogP contribution >= 0.6 is 23.2 Å². The summed E-state index contributed by atoms with van der Waals surface area (Å²) in [4.78, 5) is 11.5. The van der Waals surface area contributed by atoms with Crippen LogP contribution in [0.2, 0.25) is 10.0 Å². The molecule has 1 atom stereocenters. The number of amides is 1. The van der Waals surface area contributed by atoms with Crippen molar-refractivity contribution >= 4 is 34.8 Å². The second-order valence-corrected chi connectivity index (χ2v) is 3.84. The first kappa shape index (κ1) is 9.77. The molecule has 74 valence electrons. The predicted octanol–water partition coefficient (Wildman–Crippen LogP) is 2.21. The average Bonchev–Trinajstić information content (AvgIpc) is 2.50. The van der Waals surface area contributed by atoms with Gasteiger partial charge in [0.05, 0.1) is 10.7 Å². The second kappa shape index (κ2) is 3.42. The zero-order chi connectivity index (χ0) is 10.3. The molecule has 1 amide bonds. The van der Waals surface area contributed by atoms with Crippen LogP contribution in [0.5, 0.6) is 0 Å². The Bertz CT molecular complexity index is 406. The standard InChI is InChI=1S/C9H8Cl2N2O/c1-12-8-6-4(10)2-3-5(11)7(6)13-9(8)14/h2-3,8,12H,1H3,(H,13,14). The third-order valence-corrected chi connectivity index (χ3v) is 2.87. The maximum atomic E-state index is 11.5. The van der Waals surface area contributed by atoms with Crippen molar-refractivity contribution in [1.29, 1.82) is 0 Å². The van der Waals surface area contributed by atoms with Gasteiger partial charge in [-0.15, -0.1) is 0 Å². The van der Waals surface area contributed by atoms with Crippen molar-refractivity contribution in [2.45, 2.75) is 6.04 Å². The van der Waals surface area contributed by atoms with E-state index in [2.05, 4.69) is 10.6 Å². The molecule has 0 spiro atoms. The largest absolute Gasteiger partial charge is 0.323 e. The topological polar surface area (TPSA) is 41.1 Å². The zero-order valence-electron chi connectivity index (χ0n) is 7.40. The van der Waals surface area contributed by atoms with Crippen LogP contribution in [0.25, 0.3) is 0 Å². The van der Waals surface area contributed by atoms with E-state index in [-0.39, 0.29) is 5.91 Å². The highest BCUT2D eigenvalue weighted by atomic mass is 35.5. The van der Waals surface area contributed by atoms with E-state index in [9.17, 15) is 4.79 Å². The molecule has 0 bridgehead atoms. The van der Waals surface area contributed by atoms with E-state index in [0.29, 0.717) is 15.7 Å². The number of fused-ring (bicyclic) bond motifs is 1. The Morgan fingerprint density at radius 2 is 2.00 bits per heavy atom. The van der Waals surface area contributed by atoms with E-state index in [0.717, 1.165) is 5.56 Å². The molecule has 1 unspecified atom stereocenters. The number of hydrogen-bond donors (Lipinski definition) is 2. The van der Waals surface area contributed by atoms with E-state index in [1.54, 1.807) is 19.2 Å². The van der Waals surface area contributed by atoms with Crippen LogP contribution in [-0.2, 0) is 4.79 Å². The summed E-state index contributed by atoms with van der Waals surface area (Å²) >= 11 is 11.9. The van der Waals surface area contributed by atoms with Crippen molar-refractivity contribution in [3.8, 4) is 0 Å². The zero-order valence-corrected chi connectivity index (χ0v) is 8.91. The SMILES string of the molecule is CNC1C(=O)Nc2c(Cl)ccc(Cl)c21. The predicted molar refractivity (Wildman–Crippen MR) is 56.9 cm³/mol. The van der Waals surface area contributed by atoms with Crippen LogP contribution in [0.3, 0.4) is 0 Å². The fraction of sp³-hybridized carbons (Fsp3) is 0.222. The number of hydrogen-bond acceptors (Lipinski definition) is 2. The Labute approximate surface area is 91.4 Å². The molecule has 0 fully saturated rings. The monoisotopic (exact) mass is 230 g/mol. The molecule has 1 heterocycles. The van der Waals surface area contributed by atoms with Gasteiger partial charge in [-0.05, 0) is 19.2 Å². The molecule has 1 aliphatic heterocycles. The summed E-state index contributed by atoms with van der Waals surface area (Å²) in [6.07, 6.45) is 0. The van der Waals surface area contributed by atoms with Crippen LogP contribution < -0.4 is 10.6 Å². The minimum atomic E-state index is -0.406. The van der Waals surface area contributed by atoms with Crippen LogP contribution in [0, 0.1) is 0 Å². The van der Waals surface area contributed by atoms with Crippen molar-refractivity contribution in [3.05, 3.63) is 27.7 Å². The first-order valence-corrected chi connectivity index (χ1v) is 4.86. The smallest absolute Gasteiger partial charge is 0.246 e. The molecule has 1 aromatic rings. The molecule has 2 rings (SSSR count). The van der Waals surface area contributed by atoms with Crippen LogP contribution in [0.4, 0.5) is 5.69 Å². The third-order valence-electron chi connectivity index (χ3n) is 2.23. The number of nitrogens with one attached hydrogen (secondary N) is 2. The van der Waals surface area contributed by atoms with Crippen LogP contribution in [-0.4, -0.2) is 13.0 Å². The molecule has 0 saturated heterocycles. The fourth-order valence-electron chi connectivity index (χ4n) is 1.58. The molecule has 0 radical (unpaired) electrons. The van der Waals surface area contributed by atoms with Crippen molar-refractivity contribution in [2.24, 2.45) is 0 Å². The molecule has 14 heavy (non-hydrogen) atoms. The molecule has 3 nitrogen and oxygen atoms in total. The van der Waals surface area contributed by atoms with Gasteiger partial charge >= 0.3 is 0 Å². The summed E-state index contributed by atoms with van der Waals surface area (Å²) in [5.74, 6) is -0.127. The first-order valence-electron chi connectivity index (χ1n) is 4.11. The van der Waals surface area contributed by atoms with Crippen LogP contribution in [0.15, 0.2) is 12.1 Å². The normalized spacial score (nSPS) is 19.4. The number of likely N-dealkylation sites (N-methyl/N-ethyl adjacent to an activating group) is 1. The van der Waals surface area contributed by atoms with Gasteiger partial charge in [0.15, 0.2) is 0 Å². The molecule has 0 aromatic heterocycles. The number of halogens is 2. The van der Waals surface area contributed by atoms with Crippen molar-refractivity contribution < 1.29 is 4.79 Å². The van der Waals surface area contributed by atoms with Crippen LogP contribution in [0.1, 0.15) is 11.6 Å². The Morgan fingerprint density at radius 1 is 1.36 bits per heavy atom. The maximum Gasteiger partial charge on any atom is 0.246 e. The van der Waals surface area contributed by atoms with E-state index in [1.165, 1.54) is 0 Å². The molecule has 1 aliphatic rings. The third kappa shape index (κ3) is 1.29. The van der Waals surface area contributed by atoms with E-state index < -0.39 is 6.04 Å². The van der Waals surface area contributed by atoms with Gasteiger partial charge in [0.1, 0.15) is 6.04 Å². The Morgan fingerprint density at radius 3 is 2.64 bits per heavy atom. The van der Waals surface area contributed by atoms with Gasteiger partial charge in [-0.1, -0.05) is 23.2 Å². The van der Waals surface area contributed by atoms with Gasteiger partial charge in [0.2, 0.25) is 5.91 Å². The second-order valence-electron chi connectivity index (χ2n) is 3.03. The lowest BCUT2D eigenvalue weighted by Gasteiger charge is -2.08. The number of anilines is 1. The number of carbonyl (C=O) groups is 1. The molecule has 2 N–H and O–H groups in total. The minimum absolute atomic E-state index is 0.127. The lowest BCUT2D eigenvalue weighted by Crippen LogP contribution is -2.23.